The second kappa shape index (κ2) is 8.83. The number of aromatic nitrogens is 1. The van der Waals surface area contributed by atoms with Gasteiger partial charge in [0.05, 0.1) is 21.8 Å². The molecule has 1 N–H and O–H groups in total. The normalized spacial score (nSPS) is 15.5. The van der Waals surface area contributed by atoms with E-state index in [-0.39, 0.29) is 16.1 Å². The van der Waals surface area contributed by atoms with Crippen LogP contribution in [0.1, 0.15) is 35.3 Å². The van der Waals surface area contributed by atoms with Crippen molar-refractivity contribution in [1.29, 1.82) is 0 Å². The summed E-state index contributed by atoms with van der Waals surface area (Å²) >= 11 is 0. The van der Waals surface area contributed by atoms with Gasteiger partial charge in [-0.05, 0) is 43.2 Å². The minimum Gasteiger partial charge on any atom is -0.376 e. The number of benzene rings is 1. The first-order valence-electron chi connectivity index (χ1n) is 9.66. The number of carbonyl (C=O) groups is 1. The summed E-state index contributed by atoms with van der Waals surface area (Å²) in [6.07, 6.45) is -1.21. The highest BCUT2D eigenvalue weighted by molar-refractivity contribution is 7.89. The first-order valence-corrected chi connectivity index (χ1v) is 11.1. The lowest BCUT2D eigenvalue weighted by atomic mass is 10.2. The van der Waals surface area contributed by atoms with Crippen LogP contribution in [0, 0.1) is 0 Å². The summed E-state index contributed by atoms with van der Waals surface area (Å²) in [6.45, 7) is 0.882. The molecule has 0 saturated carbocycles. The van der Waals surface area contributed by atoms with E-state index < -0.39 is 27.8 Å². The van der Waals surface area contributed by atoms with E-state index in [1.54, 1.807) is 25.1 Å². The van der Waals surface area contributed by atoms with E-state index >= 15 is 0 Å². The zero-order valence-electron chi connectivity index (χ0n) is 17.1. The molecule has 2 heterocycles. The quantitative estimate of drug-likeness (QED) is 0.744. The van der Waals surface area contributed by atoms with Crippen molar-refractivity contribution in [3.8, 4) is 0 Å². The van der Waals surface area contributed by atoms with Gasteiger partial charge in [-0.15, -0.1) is 0 Å². The van der Waals surface area contributed by atoms with Gasteiger partial charge >= 0.3 is 6.18 Å². The van der Waals surface area contributed by atoms with Crippen LogP contribution in [-0.4, -0.2) is 50.8 Å². The molecule has 1 aromatic heterocycles. The first kappa shape index (κ1) is 23.0. The Morgan fingerprint density at radius 3 is 2.32 bits per heavy atom. The number of hydrogen-bond donors (Lipinski definition) is 1. The lowest BCUT2D eigenvalue weighted by Crippen LogP contribution is -2.35. The molecule has 0 bridgehead atoms. The fourth-order valence-corrected chi connectivity index (χ4v) is 4.85. The zero-order valence-corrected chi connectivity index (χ0v) is 17.9. The molecule has 168 valence electrons. The number of halogens is 3. The van der Waals surface area contributed by atoms with Crippen LogP contribution in [0.2, 0.25) is 0 Å². The van der Waals surface area contributed by atoms with Crippen molar-refractivity contribution in [3.05, 3.63) is 47.8 Å². The molecule has 1 saturated heterocycles. The predicted octanol–water partition coefficient (Wildman–Crippen LogP) is 3.59. The van der Waals surface area contributed by atoms with E-state index in [4.69, 9.17) is 0 Å². The number of anilines is 2. The van der Waals surface area contributed by atoms with Crippen molar-refractivity contribution in [2.45, 2.75) is 30.3 Å². The Balaban J connectivity index is 1.90. The summed E-state index contributed by atoms with van der Waals surface area (Å²) < 4.78 is 65.5. The number of carbonyl (C=O) groups excluding carboxylic acids is 1. The van der Waals surface area contributed by atoms with Crippen molar-refractivity contribution in [1.82, 2.24) is 9.29 Å². The third kappa shape index (κ3) is 5.16. The molecule has 1 aliphatic rings. The summed E-state index contributed by atoms with van der Waals surface area (Å²) in [4.78, 5) is 17.6. The van der Waals surface area contributed by atoms with Crippen LogP contribution in [0.25, 0.3) is 0 Å². The maximum Gasteiger partial charge on any atom is 0.433 e. The maximum atomic E-state index is 13.0. The number of alkyl halides is 3. The molecule has 11 heteroatoms. The van der Waals surface area contributed by atoms with Crippen LogP contribution in [0.3, 0.4) is 0 Å². The molecule has 1 aliphatic heterocycles. The Labute approximate surface area is 178 Å². The van der Waals surface area contributed by atoms with Crippen LogP contribution < -0.4 is 10.2 Å². The molecule has 0 spiro atoms. The average molecular weight is 456 g/mol. The number of nitrogens with one attached hydrogen (secondary N) is 1. The van der Waals surface area contributed by atoms with Gasteiger partial charge < -0.3 is 10.2 Å². The van der Waals surface area contributed by atoms with E-state index in [0.29, 0.717) is 18.8 Å². The van der Waals surface area contributed by atoms with E-state index in [9.17, 15) is 26.4 Å². The molecule has 1 aromatic carbocycles. The topological polar surface area (TPSA) is 82.6 Å². The van der Waals surface area contributed by atoms with Gasteiger partial charge in [-0.2, -0.15) is 17.5 Å². The summed E-state index contributed by atoms with van der Waals surface area (Å²) in [7, 11) is -0.272. The van der Waals surface area contributed by atoms with Crippen molar-refractivity contribution in [2.24, 2.45) is 0 Å². The number of hydrogen-bond acceptors (Lipinski definition) is 5. The highest BCUT2D eigenvalue weighted by Gasteiger charge is 2.32. The number of piperidine rings is 1. The standard InChI is InChI=1S/C20H23F3N4O3S/c1-26(2)17-8-7-15(31(29,30)27-10-4-3-5-11-27)12-16(17)25-19(28)14-6-9-18(24-13-14)20(21,22)23/h6-9,12-13H,3-5,10-11H2,1-2H3,(H,25,28). The van der Waals surface area contributed by atoms with Gasteiger partial charge in [-0.1, -0.05) is 6.42 Å². The van der Waals surface area contributed by atoms with Crippen molar-refractivity contribution < 1.29 is 26.4 Å². The van der Waals surface area contributed by atoms with Gasteiger partial charge in [0.1, 0.15) is 5.69 Å². The van der Waals surface area contributed by atoms with Crippen LogP contribution in [0.15, 0.2) is 41.4 Å². The lowest BCUT2D eigenvalue weighted by molar-refractivity contribution is -0.141. The Bertz CT molecular complexity index is 1050. The van der Waals surface area contributed by atoms with Crippen LogP contribution in [-0.2, 0) is 16.2 Å². The SMILES string of the molecule is CN(C)c1ccc(S(=O)(=O)N2CCCCC2)cc1NC(=O)c1ccc(C(F)(F)F)nc1. The number of nitrogens with zero attached hydrogens (tertiary/aromatic N) is 3. The highest BCUT2D eigenvalue weighted by Crippen LogP contribution is 2.31. The Morgan fingerprint density at radius 2 is 1.77 bits per heavy atom. The van der Waals surface area contributed by atoms with E-state index in [0.717, 1.165) is 37.6 Å². The highest BCUT2D eigenvalue weighted by atomic mass is 32.2. The Morgan fingerprint density at radius 1 is 1.10 bits per heavy atom. The van der Waals surface area contributed by atoms with E-state index in [1.165, 1.54) is 16.4 Å². The second-order valence-corrected chi connectivity index (χ2v) is 9.36. The number of sulfonamides is 1. The number of pyridine rings is 1. The molecule has 0 atom stereocenters. The minimum absolute atomic E-state index is 0.0424. The van der Waals surface area contributed by atoms with Crippen LogP contribution >= 0.6 is 0 Å². The van der Waals surface area contributed by atoms with Crippen LogP contribution in [0.5, 0.6) is 0 Å². The molecule has 1 amide bonds. The Kier molecular flexibility index (Phi) is 6.56. The zero-order chi connectivity index (χ0) is 22.8. The van der Waals surface area contributed by atoms with Crippen molar-refractivity contribution in [2.75, 3.05) is 37.4 Å². The molecular weight excluding hydrogens is 433 g/mol. The smallest absolute Gasteiger partial charge is 0.376 e. The van der Waals surface area contributed by atoms with Gasteiger partial charge in [0.2, 0.25) is 10.0 Å². The second-order valence-electron chi connectivity index (χ2n) is 7.42. The number of rotatable bonds is 5. The third-order valence-electron chi connectivity index (χ3n) is 4.97. The van der Waals surface area contributed by atoms with Gasteiger partial charge in [0.25, 0.3) is 5.91 Å². The van der Waals surface area contributed by atoms with Crippen LogP contribution in [0.4, 0.5) is 24.5 Å². The average Bonchev–Trinajstić information content (AvgIpc) is 2.73. The van der Waals surface area contributed by atoms with Gasteiger partial charge in [0.15, 0.2) is 0 Å². The molecule has 31 heavy (non-hydrogen) atoms. The number of amides is 1. The summed E-state index contributed by atoms with van der Waals surface area (Å²) in [5.41, 5.74) is -0.409. The molecule has 3 rings (SSSR count). The molecule has 7 nitrogen and oxygen atoms in total. The lowest BCUT2D eigenvalue weighted by Gasteiger charge is -2.26. The predicted molar refractivity (Wildman–Crippen MR) is 111 cm³/mol. The fraction of sp³-hybridized carbons (Fsp3) is 0.400. The summed E-state index contributed by atoms with van der Waals surface area (Å²) in [5.74, 6) is -0.697. The molecule has 1 fully saturated rings. The first-order chi connectivity index (χ1) is 14.5. The third-order valence-corrected chi connectivity index (χ3v) is 6.86. The molecule has 2 aromatic rings. The molecule has 0 aliphatic carbocycles. The molecule has 0 unspecified atom stereocenters. The van der Waals surface area contributed by atoms with E-state index in [2.05, 4.69) is 10.3 Å². The fourth-order valence-electron chi connectivity index (χ4n) is 3.31. The maximum absolute atomic E-state index is 13.0. The van der Waals surface area contributed by atoms with E-state index in [1.807, 2.05) is 0 Å². The minimum atomic E-state index is -4.61. The molecular formula is C20H23F3N4O3S. The molecule has 0 radical (unpaired) electrons. The van der Waals surface area contributed by atoms with Crippen molar-refractivity contribution in [3.63, 3.8) is 0 Å². The van der Waals surface area contributed by atoms with Gasteiger partial charge in [-0.25, -0.2) is 8.42 Å². The summed E-state index contributed by atoms with van der Waals surface area (Å²) in [5, 5.41) is 2.60. The van der Waals surface area contributed by atoms with Crippen molar-refractivity contribution >= 4 is 27.3 Å². The largest absolute Gasteiger partial charge is 0.433 e. The summed E-state index contributed by atoms with van der Waals surface area (Å²) in [6, 6.07) is 6.18. The Hall–Kier alpha value is -2.66. The van der Waals surface area contributed by atoms with Gasteiger partial charge in [0, 0.05) is 33.4 Å². The van der Waals surface area contributed by atoms with Gasteiger partial charge in [-0.3, -0.25) is 9.78 Å². The monoisotopic (exact) mass is 456 g/mol.